The molecule has 3 amide bonds. The highest BCUT2D eigenvalue weighted by molar-refractivity contribution is 6.04. The molecule has 0 radical (unpaired) electrons. The number of hydrogen-bond donors (Lipinski definition) is 3. The lowest BCUT2D eigenvalue weighted by atomic mass is 10.2. The fourth-order valence-electron chi connectivity index (χ4n) is 1.93. The minimum Gasteiger partial charge on any atom is -0.497 e. The summed E-state index contributed by atoms with van der Waals surface area (Å²) in [6.45, 7) is 0. The molecule has 0 spiro atoms. The Balaban J connectivity index is 2.13. The number of ether oxygens (including phenoxy) is 2. The molecule has 0 aliphatic rings. The number of primary amides is 1. The van der Waals surface area contributed by atoms with Gasteiger partial charge in [-0.15, -0.1) is 0 Å². The van der Waals surface area contributed by atoms with Crippen LogP contribution in [0.1, 0.15) is 10.4 Å². The van der Waals surface area contributed by atoms with Crippen molar-refractivity contribution >= 4 is 23.3 Å². The molecular weight excluding hydrogens is 298 g/mol. The lowest BCUT2D eigenvalue weighted by Gasteiger charge is -2.10. The summed E-state index contributed by atoms with van der Waals surface area (Å²) in [5.74, 6) is 0.840. The van der Waals surface area contributed by atoms with Gasteiger partial charge in [-0.25, -0.2) is 4.79 Å². The number of carbonyl (C=O) groups excluding carboxylic acids is 2. The van der Waals surface area contributed by atoms with Gasteiger partial charge < -0.3 is 25.8 Å². The van der Waals surface area contributed by atoms with E-state index in [0.717, 1.165) is 0 Å². The molecule has 4 N–H and O–H groups in total. The molecule has 23 heavy (non-hydrogen) atoms. The first-order chi connectivity index (χ1) is 11.0. The maximum absolute atomic E-state index is 12.2. The summed E-state index contributed by atoms with van der Waals surface area (Å²) >= 11 is 0. The Kier molecular flexibility index (Phi) is 5.03. The van der Waals surface area contributed by atoms with Crippen LogP contribution in [0.3, 0.4) is 0 Å². The maximum Gasteiger partial charge on any atom is 0.316 e. The minimum atomic E-state index is -0.661. The highest BCUT2D eigenvalue weighted by atomic mass is 16.5. The van der Waals surface area contributed by atoms with Gasteiger partial charge in [-0.1, -0.05) is 0 Å². The van der Waals surface area contributed by atoms with E-state index in [1.807, 2.05) is 0 Å². The number of hydrogen-bond acceptors (Lipinski definition) is 4. The number of urea groups is 1. The Labute approximate surface area is 133 Å². The van der Waals surface area contributed by atoms with Crippen molar-refractivity contribution < 1.29 is 19.1 Å². The normalized spacial score (nSPS) is 9.83. The molecule has 0 aliphatic heterocycles. The van der Waals surface area contributed by atoms with E-state index in [1.54, 1.807) is 42.5 Å². The highest BCUT2D eigenvalue weighted by Gasteiger charge is 2.09. The van der Waals surface area contributed by atoms with Crippen LogP contribution >= 0.6 is 0 Å². The number of nitrogens with one attached hydrogen (secondary N) is 2. The van der Waals surface area contributed by atoms with Gasteiger partial charge in [0.25, 0.3) is 5.91 Å². The number of anilines is 2. The fourth-order valence-corrected chi connectivity index (χ4v) is 1.93. The van der Waals surface area contributed by atoms with Crippen LogP contribution in [-0.2, 0) is 0 Å². The quantitative estimate of drug-likeness (QED) is 0.788. The largest absolute Gasteiger partial charge is 0.497 e. The minimum absolute atomic E-state index is 0.300. The first-order valence-electron chi connectivity index (χ1n) is 6.73. The van der Waals surface area contributed by atoms with Crippen LogP contribution in [0.5, 0.6) is 11.5 Å². The zero-order chi connectivity index (χ0) is 16.8. The monoisotopic (exact) mass is 315 g/mol. The molecule has 7 heteroatoms. The number of rotatable bonds is 5. The second-order valence-electron chi connectivity index (χ2n) is 4.62. The predicted molar refractivity (Wildman–Crippen MR) is 87.1 cm³/mol. The number of methoxy groups -OCH3 is 2. The summed E-state index contributed by atoms with van der Waals surface area (Å²) in [6, 6.07) is 10.8. The predicted octanol–water partition coefficient (Wildman–Crippen LogP) is 2.45. The molecule has 2 aromatic rings. The molecule has 0 atom stereocenters. The van der Waals surface area contributed by atoms with Crippen LogP contribution in [0.15, 0.2) is 42.5 Å². The molecule has 2 rings (SSSR count). The van der Waals surface area contributed by atoms with Crippen molar-refractivity contribution in [2.45, 2.75) is 0 Å². The highest BCUT2D eigenvalue weighted by Crippen LogP contribution is 2.26. The summed E-state index contributed by atoms with van der Waals surface area (Å²) < 4.78 is 10.3. The molecule has 2 aromatic carbocycles. The van der Waals surface area contributed by atoms with E-state index in [9.17, 15) is 9.59 Å². The fraction of sp³-hybridized carbons (Fsp3) is 0.125. The molecule has 0 aromatic heterocycles. The van der Waals surface area contributed by atoms with Crippen molar-refractivity contribution in [3.63, 3.8) is 0 Å². The van der Waals surface area contributed by atoms with E-state index >= 15 is 0 Å². The molecule has 0 fully saturated rings. The zero-order valence-corrected chi connectivity index (χ0v) is 12.8. The van der Waals surface area contributed by atoms with Gasteiger partial charge in [-0.05, 0) is 24.3 Å². The first kappa shape index (κ1) is 16.2. The van der Waals surface area contributed by atoms with Gasteiger partial charge in [-0.3, -0.25) is 4.79 Å². The number of carbonyl (C=O) groups is 2. The van der Waals surface area contributed by atoms with E-state index in [1.165, 1.54) is 14.2 Å². The second-order valence-corrected chi connectivity index (χ2v) is 4.62. The van der Waals surface area contributed by atoms with Crippen LogP contribution in [0.2, 0.25) is 0 Å². The van der Waals surface area contributed by atoms with Crippen molar-refractivity contribution in [3.05, 3.63) is 48.0 Å². The van der Waals surface area contributed by atoms with E-state index in [0.29, 0.717) is 28.4 Å². The Morgan fingerprint density at radius 3 is 1.91 bits per heavy atom. The summed E-state index contributed by atoms with van der Waals surface area (Å²) in [5, 5.41) is 5.18. The van der Waals surface area contributed by atoms with Crippen molar-refractivity contribution in [1.82, 2.24) is 0 Å². The number of amides is 3. The standard InChI is InChI=1S/C16H17N3O4/c1-22-13-7-12(8-14(9-13)23-2)18-15(20)10-3-5-11(6-4-10)19-16(17)21/h3-9H,1-2H3,(H,18,20)(H3,17,19,21). The lowest BCUT2D eigenvalue weighted by molar-refractivity contribution is 0.102. The number of benzene rings is 2. The molecule has 0 heterocycles. The van der Waals surface area contributed by atoms with Gasteiger partial charge in [0.15, 0.2) is 0 Å². The Hall–Kier alpha value is -3.22. The molecule has 120 valence electrons. The molecule has 0 aliphatic carbocycles. The van der Waals surface area contributed by atoms with Crippen molar-refractivity contribution in [3.8, 4) is 11.5 Å². The molecule has 0 bridgehead atoms. The van der Waals surface area contributed by atoms with Crippen molar-refractivity contribution in [2.24, 2.45) is 5.73 Å². The summed E-state index contributed by atoms with van der Waals surface area (Å²) in [7, 11) is 3.07. The topological polar surface area (TPSA) is 103 Å². The molecule has 0 unspecified atom stereocenters. The third-order valence-corrected chi connectivity index (χ3v) is 3.02. The summed E-state index contributed by atoms with van der Waals surface area (Å²) in [5.41, 5.74) is 6.52. The van der Waals surface area contributed by atoms with Gasteiger partial charge in [0.2, 0.25) is 0 Å². The second kappa shape index (κ2) is 7.17. The van der Waals surface area contributed by atoms with Crippen LogP contribution in [0.4, 0.5) is 16.2 Å². The van der Waals surface area contributed by atoms with E-state index in [2.05, 4.69) is 10.6 Å². The van der Waals surface area contributed by atoms with Gasteiger partial charge in [0.1, 0.15) is 11.5 Å². The maximum atomic E-state index is 12.2. The Morgan fingerprint density at radius 1 is 0.870 bits per heavy atom. The molecule has 0 saturated carbocycles. The van der Waals surface area contributed by atoms with Crippen LogP contribution in [0.25, 0.3) is 0 Å². The zero-order valence-electron chi connectivity index (χ0n) is 12.8. The molecule has 7 nitrogen and oxygen atoms in total. The van der Waals surface area contributed by atoms with E-state index < -0.39 is 6.03 Å². The first-order valence-corrected chi connectivity index (χ1v) is 6.73. The van der Waals surface area contributed by atoms with Crippen LogP contribution < -0.4 is 25.8 Å². The van der Waals surface area contributed by atoms with E-state index in [4.69, 9.17) is 15.2 Å². The lowest BCUT2D eigenvalue weighted by Crippen LogP contribution is -2.19. The van der Waals surface area contributed by atoms with Crippen LogP contribution in [0, 0.1) is 0 Å². The summed E-state index contributed by atoms with van der Waals surface area (Å²) in [6.07, 6.45) is 0. The smallest absolute Gasteiger partial charge is 0.316 e. The molecular formula is C16H17N3O4. The number of nitrogens with two attached hydrogens (primary N) is 1. The van der Waals surface area contributed by atoms with Crippen LogP contribution in [-0.4, -0.2) is 26.2 Å². The van der Waals surface area contributed by atoms with E-state index in [-0.39, 0.29) is 5.91 Å². The Bertz CT molecular complexity index is 692. The van der Waals surface area contributed by atoms with Crippen molar-refractivity contribution in [2.75, 3.05) is 24.9 Å². The van der Waals surface area contributed by atoms with Gasteiger partial charge in [0.05, 0.1) is 14.2 Å². The summed E-state index contributed by atoms with van der Waals surface area (Å²) in [4.78, 5) is 23.0. The third-order valence-electron chi connectivity index (χ3n) is 3.02. The van der Waals surface area contributed by atoms with Crippen molar-refractivity contribution in [1.29, 1.82) is 0 Å². The average Bonchev–Trinajstić information content (AvgIpc) is 2.54. The Morgan fingerprint density at radius 2 is 1.43 bits per heavy atom. The third kappa shape index (κ3) is 4.37. The van der Waals surface area contributed by atoms with Gasteiger partial charge >= 0.3 is 6.03 Å². The average molecular weight is 315 g/mol. The SMILES string of the molecule is COc1cc(NC(=O)c2ccc(NC(N)=O)cc2)cc(OC)c1. The van der Waals surface area contributed by atoms with Gasteiger partial charge in [0, 0.05) is 35.1 Å². The molecule has 0 saturated heterocycles. The van der Waals surface area contributed by atoms with Gasteiger partial charge in [-0.2, -0.15) is 0 Å².